The van der Waals surface area contributed by atoms with Gasteiger partial charge in [0.25, 0.3) is 0 Å². The predicted octanol–water partition coefficient (Wildman–Crippen LogP) is 1.43. The highest BCUT2D eigenvalue weighted by Crippen LogP contribution is 2.13. The van der Waals surface area contributed by atoms with E-state index in [-0.39, 0.29) is 11.9 Å². The Morgan fingerprint density at radius 2 is 2.30 bits per heavy atom. The average molecular weight is 279 g/mol. The summed E-state index contributed by atoms with van der Waals surface area (Å²) in [5, 5.41) is 4.38. The quantitative estimate of drug-likeness (QED) is 0.818. The summed E-state index contributed by atoms with van der Waals surface area (Å²) in [4.78, 5) is 14.7. The second kappa shape index (κ2) is 6.50. The van der Waals surface area contributed by atoms with Crippen molar-refractivity contribution in [3.63, 3.8) is 0 Å². The van der Waals surface area contributed by atoms with Gasteiger partial charge in [0.1, 0.15) is 6.10 Å². The molecular weight excluding hydrogens is 254 g/mol. The normalized spacial score (nSPS) is 20.6. The van der Waals surface area contributed by atoms with E-state index in [1.165, 1.54) is 0 Å². The summed E-state index contributed by atoms with van der Waals surface area (Å²) in [5.41, 5.74) is 1.95. The van der Waals surface area contributed by atoms with Gasteiger partial charge in [-0.2, -0.15) is 5.10 Å². The van der Waals surface area contributed by atoms with Crippen LogP contribution in [-0.4, -0.2) is 52.3 Å². The maximum atomic E-state index is 12.4. The highest BCUT2D eigenvalue weighted by Gasteiger charge is 2.28. The number of morpholine rings is 1. The molecule has 1 saturated heterocycles. The zero-order chi connectivity index (χ0) is 14.7. The number of ether oxygens (including phenoxy) is 1. The molecule has 0 saturated carbocycles. The minimum Gasteiger partial charge on any atom is -0.368 e. The van der Waals surface area contributed by atoms with Crippen molar-refractivity contribution in [3.05, 3.63) is 17.5 Å². The van der Waals surface area contributed by atoms with E-state index in [0.29, 0.717) is 25.6 Å². The molecule has 112 valence electrons. The van der Waals surface area contributed by atoms with Gasteiger partial charge in [-0.3, -0.25) is 14.4 Å². The Balaban J connectivity index is 2.00. The van der Waals surface area contributed by atoms with Crippen molar-refractivity contribution >= 4 is 5.78 Å². The number of Topliss-reactive ketones (excluding diaryl/α,β-unsaturated/α-hetero) is 1. The Morgan fingerprint density at radius 1 is 1.55 bits per heavy atom. The van der Waals surface area contributed by atoms with Crippen LogP contribution < -0.4 is 0 Å². The van der Waals surface area contributed by atoms with E-state index in [1.54, 1.807) is 0 Å². The van der Waals surface area contributed by atoms with Crippen LogP contribution in [0.25, 0.3) is 0 Å². The fourth-order valence-electron chi connectivity index (χ4n) is 2.64. The van der Waals surface area contributed by atoms with Gasteiger partial charge >= 0.3 is 0 Å². The molecule has 5 nitrogen and oxygen atoms in total. The molecule has 0 bridgehead atoms. The van der Waals surface area contributed by atoms with Gasteiger partial charge in [-0.05, 0) is 33.8 Å². The Hall–Kier alpha value is -1.20. The average Bonchev–Trinajstić information content (AvgIpc) is 2.78. The van der Waals surface area contributed by atoms with Gasteiger partial charge in [0.15, 0.2) is 5.78 Å². The molecule has 0 aliphatic carbocycles. The third-order valence-electron chi connectivity index (χ3n) is 3.83. The number of aryl methyl sites for hydroxylation is 2. The molecule has 1 aliphatic heterocycles. The minimum atomic E-state index is -0.299. The smallest absolute Gasteiger partial charge is 0.168 e. The number of aromatic nitrogens is 2. The van der Waals surface area contributed by atoms with Crippen molar-refractivity contribution in [1.29, 1.82) is 0 Å². The highest BCUT2D eigenvalue weighted by atomic mass is 16.5. The van der Waals surface area contributed by atoms with E-state index in [2.05, 4.69) is 23.8 Å². The molecule has 0 amide bonds. The van der Waals surface area contributed by atoms with Crippen molar-refractivity contribution in [1.82, 2.24) is 14.7 Å². The van der Waals surface area contributed by atoms with Crippen LogP contribution in [0.5, 0.6) is 0 Å². The van der Waals surface area contributed by atoms with E-state index in [1.807, 2.05) is 24.6 Å². The minimum absolute atomic E-state index is 0.157. The lowest BCUT2D eigenvalue weighted by Gasteiger charge is -2.34. The standard InChI is InChI=1S/C15H25N3O2/c1-5-18-13(8-12(4)16-18)9-14(19)15-10-17(11(2)3)6-7-20-15/h8,11,15H,5-7,9-10H2,1-4H3. The molecule has 2 heterocycles. The summed E-state index contributed by atoms with van der Waals surface area (Å²) in [5.74, 6) is 0.157. The largest absolute Gasteiger partial charge is 0.368 e. The molecule has 1 atom stereocenters. The number of hydrogen-bond acceptors (Lipinski definition) is 4. The van der Waals surface area contributed by atoms with Gasteiger partial charge in [-0.25, -0.2) is 0 Å². The summed E-state index contributed by atoms with van der Waals surface area (Å²) >= 11 is 0. The van der Waals surface area contributed by atoms with Crippen LogP contribution in [0.2, 0.25) is 0 Å². The Morgan fingerprint density at radius 3 is 2.95 bits per heavy atom. The number of ketones is 1. The first-order valence-electron chi connectivity index (χ1n) is 7.43. The number of hydrogen-bond donors (Lipinski definition) is 0. The number of nitrogens with zero attached hydrogens (tertiary/aromatic N) is 3. The van der Waals surface area contributed by atoms with Crippen molar-refractivity contribution in [2.24, 2.45) is 0 Å². The molecule has 2 rings (SSSR count). The van der Waals surface area contributed by atoms with Gasteiger partial charge in [0, 0.05) is 31.4 Å². The topological polar surface area (TPSA) is 47.4 Å². The summed E-state index contributed by atoms with van der Waals surface area (Å²) in [6.07, 6.45) is 0.109. The molecule has 0 N–H and O–H groups in total. The molecular formula is C15H25N3O2. The van der Waals surface area contributed by atoms with Gasteiger partial charge in [-0.1, -0.05) is 0 Å². The molecule has 1 aromatic rings. The zero-order valence-electron chi connectivity index (χ0n) is 12.9. The molecule has 0 radical (unpaired) electrons. The van der Waals surface area contributed by atoms with Gasteiger partial charge in [-0.15, -0.1) is 0 Å². The van der Waals surface area contributed by atoms with Crippen molar-refractivity contribution in [2.45, 2.75) is 52.8 Å². The fourth-order valence-corrected chi connectivity index (χ4v) is 2.64. The number of carbonyl (C=O) groups excluding carboxylic acids is 1. The van der Waals surface area contributed by atoms with Gasteiger partial charge in [0.2, 0.25) is 0 Å². The Kier molecular flexibility index (Phi) is 4.94. The van der Waals surface area contributed by atoms with Crippen LogP contribution in [0.15, 0.2) is 6.07 Å². The highest BCUT2D eigenvalue weighted by molar-refractivity contribution is 5.85. The van der Waals surface area contributed by atoms with Crippen LogP contribution in [0, 0.1) is 6.92 Å². The monoisotopic (exact) mass is 279 g/mol. The van der Waals surface area contributed by atoms with E-state index in [4.69, 9.17) is 4.74 Å². The van der Waals surface area contributed by atoms with E-state index in [0.717, 1.165) is 24.5 Å². The third kappa shape index (κ3) is 3.46. The Bertz CT molecular complexity index is 468. The SMILES string of the molecule is CCn1nc(C)cc1CC(=O)C1CN(C(C)C)CCO1. The molecule has 0 aromatic carbocycles. The fraction of sp³-hybridized carbons (Fsp3) is 0.733. The van der Waals surface area contributed by atoms with E-state index in [9.17, 15) is 4.79 Å². The zero-order valence-corrected chi connectivity index (χ0v) is 12.9. The maximum Gasteiger partial charge on any atom is 0.168 e. The van der Waals surface area contributed by atoms with Crippen molar-refractivity contribution in [3.8, 4) is 0 Å². The second-order valence-corrected chi connectivity index (χ2v) is 5.68. The Labute approximate surface area is 120 Å². The number of rotatable bonds is 5. The summed E-state index contributed by atoms with van der Waals surface area (Å²) < 4.78 is 7.55. The maximum absolute atomic E-state index is 12.4. The number of carbonyl (C=O) groups is 1. The van der Waals surface area contributed by atoms with Crippen molar-refractivity contribution < 1.29 is 9.53 Å². The first kappa shape index (κ1) is 15.2. The summed E-state index contributed by atoms with van der Waals surface area (Å²) in [7, 11) is 0. The summed E-state index contributed by atoms with van der Waals surface area (Å²) in [6.45, 7) is 11.4. The first-order chi connectivity index (χ1) is 9.51. The van der Waals surface area contributed by atoms with Crippen LogP contribution in [0.1, 0.15) is 32.2 Å². The van der Waals surface area contributed by atoms with Crippen LogP contribution in [0.3, 0.4) is 0 Å². The molecule has 20 heavy (non-hydrogen) atoms. The van der Waals surface area contributed by atoms with Gasteiger partial charge in [0.05, 0.1) is 18.7 Å². The molecule has 1 aliphatic rings. The van der Waals surface area contributed by atoms with Crippen molar-refractivity contribution in [2.75, 3.05) is 19.7 Å². The lowest BCUT2D eigenvalue weighted by atomic mass is 10.1. The molecule has 5 heteroatoms. The van der Waals surface area contributed by atoms with E-state index < -0.39 is 0 Å². The molecule has 1 aromatic heterocycles. The second-order valence-electron chi connectivity index (χ2n) is 5.68. The van der Waals surface area contributed by atoms with Crippen LogP contribution in [0.4, 0.5) is 0 Å². The first-order valence-corrected chi connectivity index (χ1v) is 7.43. The third-order valence-corrected chi connectivity index (χ3v) is 3.83. The lowest BCUT2D eigenvalue weighted by Crippen LogP contribution is -2.49. The van der Waals surface area contributed by atoms with Gasteiger partial charge < -0.3 is 4.74 Å². The van der Waals surface area contributed by atoms with Crippen LogP contribution in [-0.2, 0) is 22.5 Å². The lowest BCUT2D eigenvalue weighted by molar-refractivity contribution is -0.136. The molecule has 1 fully saturated rings. The van der Waals surface area contributed by atoms with Crippen LogP contribution >= 0.6 is 0 Å². The summed E-state index contributed by atoms with van der Waals surface area (Å²) in [6, 6.07) is 2.45. The predicted molar refractivity (Wildman–Crippen MR) is 77.8 cm³/mol. The molecule has 1 unspecified atom stereocenters. The van der Waals surface area contributed by atoms with E-state index >= 15 is 0 Å². The molecule has 0 spiro atoms.